The highest BCUT2D eigenvalue weighted by Gasteiger charge is 2.44. The van der Waals surface area contributed by atoms with Crippen molar-refractivity contribution in [1.29, 1.82) is 0 Å². The van der Waals surface area contributed by atoms with Crippen LogP contribution in [0.2, 0.25) is 5.02 Å². The molecule has 0 aliphatic carbocycles. The summed E-state index contributed by atoms with van der Waals surface area (Å²) in [6.07, 6.45) is -4.20. The van der Waals surface area contributed by atoms with Crippen molar-refractivity contribution in [3.63, 3.8) is 0 Å². The second-order valence-electron chi connectivity index (χ2n) is 7.94. The van der Waals surface area contributed by atoms with Gasteiger partial charge in [-0.15, -0.1) is 0 Å². The second-order valence-corrected chi connectivity index (χ2v) is 8.35. The number of fused-ring (bicyclic) bond motifs is 1. The number of halogens is 1. The number of nitrogens with zero attached hydrogens (tertiary/aromatic N) is 1. The van der Waals surface area contributed by atoms with E-state index in [-0.39, 0.29) is 0 Å². The van der Waals surface area contributed by atoms with Crippen molar-refractivity contribution in [1.82, 2.24) is 4.57 Å². The van der Waals surface area contributed by atoms with Crippen molar-refractivity contribution in [2.45, 2.75) is 44.0 Å². The molecule has 1 aliphatic heterocycles. The standard InChI is InChI=1S/C23H26ClNO6/c1-12-3-6-18-15(7-12)16(23-22(29)21(28)20(27)19(11-26)31-23)10-25(18)9-13-4-5-14(30-2)8-17(13)24/h3-8,10,19-23,26-29H,9,11H2,1-2H3/t19-,20-,21+,22-,23+/m1/s1. The van der Waals surface area contributed by atoms with Crippen LogP contribution < -0.4 is 4.74 Å². The summed E-state index contributed by atoms with van der Waals surface area (Å²) in [6.45, 7) is 1.97. The van der Waals surface area contributed by atoms with Crippen molar-refractivity contribution in [3.8, 4) is 5.75 Å². The molecule has 1 fully saturated rings. The molecule has 0 spiro atoms. The maximum Gasteiger partial charge on any atom is 0.120 e. The Morgan fingerprint density at radius 3 is 2.52 bits per heavy atom. The van der Waals surface area contributed by atoms with Crippen LogP contribution in [0.15, 0.2) is 42.6 Å². The van der Waals surface area contributed by atoms with Crippen molar-refractivity contribution < 1.29 is 29.9 Å². The number of benzene rings is 2. The summed E-state index contributed by atoms with van der Waals surface area (Å²) >= 11 is 6.44. The third kappa shape index (κ3) is 4.05. The lowest BCUT2D eigenvalue weighted by Gasteiger charge is -2.40. The van der Waals surface area contributed by atoms with E-state index in [1.807, 2.05) is 48.0 Å². The summed E-state index contributed by atoms with van der Waals surface area (Å²) in [7, 11) is 1.58. The smallest absolute Gasteiger partial charge is 0.120 e. The van der Waals surface area contributed by atoms with Gasteiger partial charge in [0, 0.05) is 34.2 Å². The maximum atomic E-state index is 10.6. The molecule has 0 saturated carbocycles. The van der Waals surface area contributed by atoms with Crippen molar-refractivity contribution in [2.75, 3.05) is 13.7 Å². The first-order chi connectivity index (χ1) is 14.8. The molecule has 2 aromatic carbocycles. The normalized spacial score (nSPS) is 26.4. The Kier molecular flexibility index (Phi) is 6.25. The lowest BCUT2D eigenvalue weighted by molar-refractivity contribution is -0.231. The molecule has 0 unspecified atom stereocenters. The van der Waals surface area contributed by atoms with E-state index < -0.39 is 37.1 Å². The van der Waals surface area contributed by atoms with E-state index in [4.69, 9.17) is 21.1 Å². The summed E-state index contributed by atoms with van der Waals surface area (Å²) in [5.74, 6) is 0.670. The average Bonchev–Trinajstić information content (AvgIpc) is 3.11. The Morgan fingerprint density at radius 1 is 1.06 bits per heavy atom. The number of hydrogen-bond acceptors (Lipinski definition) is 6. The highest BCUT2D eigenvalue weighted by molar-refractivity contribution is 6.31. The molecule has 31 heavy (non-hydrogen) atoms. The SMILES string of the molecule is COc1ccc(Cn2cc([C@@H]3O[C@H](CO)[C@@H](O)[C@H](O)[C@H]3O)c3cc(C)ccc32)c(Cl)c1. The summed E-state index contributed by atoms with van der Waals surface area (Å²) in [5.41, 5.74) is 3.49. The van der Waals surface area contributed by atoms with Crippen LogP contribution in [0.25, 0.3) is 10.9 Å². The van der Waals surface area contributed by atoms with Crippen LogP contribution in [-0.4, -0.2) is 63.1 Å². The van der Waals surface area contributed by atoms with E-state index >= 15 is 0 Å². The monoisotopic (exact) mass is 447 g/mol. The van der Waals surface area contributed by atoms with Crippen LogP contribution in [0, 0.1) is 6.92 Å². The van der Waals surface area contributed by atoms with E-state index in [2.05, 4.69) is 0 Å². The van der Waals surface area contributed by atoms with Gasteiger partial charge in [0.2, 0.25) is 0 Å². The number of aliphatic hydroxyl groups is 4. The highest BCUT2D eigenvalue weighted by Crippen LogP contribution is 2.38. The summed E-state index contributed by atoms with van der Waals surface area (Å²) < 4.78 is 13.0. The molecule has 3 aromatic rings. The Labute approximate surface area is 185 Å². The Hall–Kier alpha value is -2.13. The molecule has 4 N–H and O–H groups in total. The van der Waals surface area contributed by atoms with Gasteiger partial charge in [-0.1, -0.05) is 29.3 Å². The Bertz CT molecular complexity index is 1080. The predicted octanol–water partition coefficient (Wildman–Crippen LogP) is 2.17. The van der Waals surface area contributed by atoms with Crippen LogP contribution in [0.4, 0.5) is 0 Å². The molecule has 7 nitrogen and oxygen atoms in total. The summed E-state index contributed by atoms with van der Waals surface area (Å²) in [4.78, 5) is 0. The number of methoxy groups -OCH3 is 1. The van der Waals surface area contributed by atoms with Gasteiger partial charge in [-0.05, 0) is 36.8 Å². The fraction of sp³-hybridized carbons (Fsp3) is 0.391. The van der Waals surface area contributed by atoms with Gasteiger partial charge < -0.3 is 34.5 Å². The Morgan fingerprint density at radius 2 is 1.84 bits per heavy atom. The molecular formula is C23H26ClNO6. The van der Waals surface area contributed by atoms with E-state index in [1.165, 1.54) is 0 Å². The molecule has 0 radical (unpaired) electrons. The fourth-order valence-corrected chi connectivity index (χ4v) is 4.35. The zero-order chi connectivity index (χ0) is 22.3. The topological polar surface area (TPSA) is 104 Å². The van der Waals surface area contributed by atoms with Crippen LogP contribution in [0.3, 0.4) is 0 Å². The van der Waals surface area contributed by atoms with E-state index in [1.54, 1.807) is 13.2 Å². The number of aromatic nitrogens is 1. The first-order valence-electron chi connectivity index (χ1n) is 10.1. The van der Waals surface area contributed by atoms with Gasteiger partial charge in [-0.3, -0.25) is 0 Å². The maximum absolute atomic E-state index is 10.6. The van der Waals surface area contributed by atoms with E-state index in [0.29, 0.717) is 22.9 Å². The lowest BCUT2D eigenvalue weighted by Crippen LogP contribution is -2.55. The Balaban J connectivity index is 1.78. The quantitative estimate of drug-likeness (QED) is 0.478. The van der Waals surface area contributed by atoms with Gasteiger partial charge in [0.25, 0.3) is 0 Å². The summed E-state index contributed by atoms with van der Waals surface area (Å²) in [6, 6.07) is 11.5. The first-order valence-corrected chi connectivity index (χ1v) is 10.4. The zero-order valence-electron chi connectivity index (χ0n) is 17.3. The van der Waals surface area contributed by atoms with Gasteiger partial charge in [-0.25, -0.2) is 0 Å². The van der Waals surface area contributed by atoms with Gasteiger partial charge in [0.1, 0.15) is 36.3 Å². The second kappa shape index (κ2) is 8.78. The minimum Gasteiger partial charge on any atom is -0.497 e. The molecule has 2 heterocycles. The van der Waals surface area contributed by atoms with Crippen LogP contribution in [0.5, 0.6) is 5.75 Å². The average molecular weight is 448 g/mol. The van der Waals surface area contributed by atoms with Gasteiger partial charge in [-0.2, -0.15) is 0 Å². The predicted molar refractivity (Wildman–Crippen MR) is 117 cm³/mol. The van der Waals surface area contributed by atoms with E-state index in [9.17, 15) is 20.4 Å². The lowest BCUT2D eigenvalue weighted by atomic mass is 9.91. The van der Waals surface area contributed by atoms with E-state index in [0.717, 1.165) is 22.0 Å². The number of rotatable bonds is 5. The fourth-order valence-electron chi connectivity index (χ4n) is 4.12. The van der Waals surface area contributed by atoms with Gasteiger partial charge in [0.05, 0.1) is 13.7 Å². The number of hydrogen-bond donors (Lipinski definition) is 4. The van der Waals surface area contributed by atoms with Crippen molar-refractivity contribution in [2.24, 2.45) is 0 Å². The zero-order valence-corrected chi connectivity index (χ0v) is 18.0. The molecule has 1 aliphatic rings. The number of aliphatic hydroxyl groups excluding tert-OH is 4. The molecule has 0 amide bonds. The summed E-state index contributed by atoms with van der Waals surface area (Å²) in [5, 5.41) is 42.0. The third-order valence-corrected chi connectivity index (χ3v) is 6.22. The van der Waals surface area contributed by atoms with Gasteiger partial charge in [0.15, 0.2) is 0 Å². The molecule has 1 saturated heterocycles. The highest BCUT2D eigenvalue weighted by atomic mass is 35.5. The number of aryl methyl sites for hydroxylation is 1. The molecule has 8 heteroatoms. The molecule has 166 valence electrons. The molecule has 0 bridgehead atoms. The van der Waals surface area contributed by atoms with Crippen molar-refractivity contribution in [3.05, 3.63) is 64.3 Å². The van der Waals surface area contributed by atoms with Gasteiger partial charge >= 0.3 is 0 Å². The van der Waals surface area contributed by atoms with Crippen LogP contribution >= 0.6 is 11.6 Å². The number of ether oxygens (including phenoxy) is 2. The van der Waals surface area contributed by atoms with Crippen LogP contribution in [-0.2, 0) is 11.3 Å². The molecule has 5 atom stereocenters. The molecule has 1 aromatic heterocycles. The van der Waals surface area contributed by atoms with Crippen LogP contribution in [0.1, 0.15) is 22.8 Å². The minimum absolute atomic E-state index is 0.472. The van der Waals surface area contributed by atoms with Crippen molar-refractivity contribution >= 4 is 22.5 Å². The minimum atomic E-state index is -1.44. The third-order valence-electron chi connectivity index (χ3n) is 5.87. The first kappa shape index (κ1) is 22.1. The molecular weight excluding hydrogens is 422 g/mol. The largest absolute Gasteiger partial charge is 0.497 e. The molecule has 4 rings (SSSR count).